The Morgan fingerprint density at radius 3 is 2.19 bits per heavy atom. The zero-order valence-electron chi connectivity index (χ0n) is 18.0. The van der Waals surface area contributed by atoms with Crippen LogP contribution < -0.4 is 9.62 Å². The van der Waals surface area contributed by atoms with Crippen LogP contribution in [0.1, 0.15) is 36.8 Å². The van der Waals surface area contributed by atoms with Crippen molar-refractivity contribution in [2.24, 2.45) is 0 Å². The van der Waals surface area contributed by atoms with Gasteiger partial charge in [-0.25, -0.2) is 8.42 Å². The highest BCUT2D eigenvalue weighted by Crippen LogP contribution is 2.24. The Labute approximate surface area is 184 Å². The van der Waals surface area contributed by atoms with Crippen molar-refractivity contribution in [3.8, 4) is 11.3 Å². The van der Waals surface area contributed by atoms with Crippen LogP contribution in [-0.2, 0) is 10.0 Å². The molecule has 0 aliphatic carbocycles. The Morgan fingerprint density at radius 2 is 1.55 bits per heavy atom. The molecule has 1 aromatic heterocycles. The number of hydrogen-bond donors (Lipinski definition) is 1. The molecule has 1 N–H and O–H groups in total. The first kappa shape index (κ1) is 21.3. The van der Waals surface area contributed by atoms with E-state index in [-0.39, 0.29) is 0 Å². The van der Waals surface area contributed by atoms with Crippen LogP contribution in [0.15, 0.2) is 59.5 Å². The normalized spacial score (nSPS) is 14.8. The zero-order valence-corrected chi connectivity index (χ0v) is 18.8. The van der Waals surface area contributed by atoms with Gasteiger partial charge in [0.1, 0.15) is 0 Å². The Morgan fingerprint density at radius 1 is 0.839 bits per heavy atom. The van der Waals surface area contributed by atoms with Gasteiger partial charge in [-0.2, -0.15) is 0 Å². The van der Waals surface area contributed by atoms with Gasteiger partial charge >= 0.3 is 0 Å². The zero-order chi connectivity index (χ0) is 21.8. The van der Waals surface area contributed by atoms with Crippen LogP contribution in [0.25, 0.3) is 11.3 Å². The Bertz CT molecular complexity index is 1140. The van der Waals surface area contributed by atoms with Crippen molar-refractivity contribution in [1.29, 1.82) is 0 Å². The maximum atomic E-state index is 12.8. The van der Waals surface area contributed by atoms with E-state index < -0.39 is 10.0 Å². The summed E-state index contributed by atoms with van der Waals surface area (Å²) in [5, 5.41) is 8.82. The number of rotatable bonds is 5. The van der Waals surface area contributed by atoms with Gasteiger partial charge in [0.25, 0.3) is 10.0 Å². The van der Waals surface area contributed by atoms with E-state index in [9.17, 15) is 8.42 Å². The van der Waals surface area contributed by atoms with E-state index in [0.29, 0.717) is 10.6 Å². The molecule has 7 heteroatoms. The molecule has 0 spiro atoms. The molecule has 1 aliphatic heterocycles. The van der Waals surface area contributed by atoms with E-state index in [4.69, 9.17) is 0 Å². The van der Waals surface area contributed by atoms with Crippen LogP contribution in [0.4, 0.5) is 11.5 Å². The van der Waals surface area contributed by atoms with Gasteiger partial charge in [-0.15, -0.1) is 10.2 Å². The number of hydrogen-bond acceptors (Lipinski definition) is 5. The number of nitrogens with one attached hydrogen (secondary N) is 1. The number of aryl methyl sites for hydroxylation is 2. The lowest BCUT2D eigenvalue weighted by Crippen LogP contribution is -2.25. The van der Waals surface area contributed by atoms with E-state index in [0.717, 1.165) is 41.3 Å². The second kappa shape index (κ2) is 9.06. The van der Waals surface area contributed by atoms with E-state index in [1.54, 1.807) is 25.1 Å². The van der Waals surface area contributed by atoms with Crippen LogP contribution in [0, 0.1) is 13.8 Å². The van der Waals surface area contributed by atoms with Crippen LogP contribution in [0.3, 0.4) is 0 Å². The second-order valence-corrected chi connectivity index (χ2v) is 9.78. The third-order valence-electron chi connectivity index (χ3n) is 5.65. The maximum absolute atomic E-state index is 12.8. The van der Waals surface area contributed by atoms with Crippen molar-refractivity contribution in [3.63, 3.8) is 0 Å². The van der Waals surface area contributed by atoms with Crippen molar-refractivity contribution in [2.75, 3.05) is 22.7 Å². The molecule has 4 rings (SSSR count). The largest absolute Gasteiger partial charge is 0.355 e. The predicted octanol–water partition coefficient (Wildman–Crippen LogP) is 4.94. The molecule has 31 heavy (non-hydrogen) atoms. The summed E-state index contributed by atoms with van der Waals surface area (Å²) in [5.41, 5.74) is 3.80. The van der Waals surface area contributed by atoms with E-state index in [1.165, 1.54) is 25.7 Å². The number of benzene rings is 2. The summed E-state index contributed by atoms with van der Waals surface area (Å²) in [4.78, 5) is 2.60. The van der Waals surface area contributed by atoms with Crippen molar-refractivity contribution in [2.45, 2.75) is 44.4 Å². The number of nitrogens with zero attached hydrogens (tertiary/aromatic N) is 3. The predicted molar refractivity (Wildman–Crippen MR) is 125 cm³/mol. The number of aromatic nitrogens is 2. The Kier molecular flexibility index (Phi) is 6.23. The van der Waals surface area contributed by atoms with Crippen molar-refractivity contribution in [3.05, 3.63) is 65.7 Å². The third kappa shape index (κ3) is 5.05. The van der Waals surface area contributed by atoms with Crippen LogP contribution in [0.5, 0.6) is 0 Å². The third-order valence-corrected chi connectivity index (χ3v) is 7.17. The molecule has 3 aromatic rings. The molecule has 1 saturated heterocycles. The van der Waals surface area contributed by atoms with Crippen molar-refractivity contribution < 1.29 is 8.42 Å². The average molecular weight is 437 g/mol. The molecule has 1 fully saturated rings. The standard InChI is InChI=1S/C24H28N4O2S/c1-18-7-8-19(2)23(17-18)31(29,30)27-21-11-9-20(10-12-21)22-13-14-24(26-25-22)28-15-5-3-4-6-16-28/h7-14,17,27H,3-6,15-16H2,1-2H3. The van der Waals surface area contributed by atoms with Crippen molar-refractivity contribution in [1.82, 2.24) is 10.2 Å². The van der Waals surface area contributed by atoms with Crippen molar-refractivity contribution >= 4 is 21.5 Å². The highest BCUT2D eigenvalue weighted by Gasteiger charge is 2.17. The number of sulfonamides is 1. The molecule has 2 heterocycles. The fraction of sp³-hybridized carbons (Fsp3) is 0.333. The molecule has 0 unspecified atom stereocenters. The van der Waals surface area contributed by atoms with Gasteiger partial charge in [0, 0.05) is 24.3 Å². The lowest BCUT2D eigenvalue weighted by molar-refractivity contribution is 0.600. The SMILES string of the molecule is Cc1ccc(C)c(S(=O)(=O)Nc2ccc(-c3ccc(N4CCCCCC4)nn3)cc2)c1. The number of anilines is 2. The molecule has 0 amide bonds. The summed E-state index contributed by atoms with van der Waals surface area (Å²) in [6, 6.07) is 16.6. The first-order chi connectivity index (χ1) is 14.9. The molecular weight excluding hydrogens is 408 g/mol. The Hall–Kier alpha value is -2.93. The van der Waals surface area contributed by atoms with Gasteiger partial charge in [-0.3, -0.25) is 4.72 Å². The van der Waals surface area contributed by atoms with Gasteiger partial charge in [-0.05, 0) is 68.1 Å². The van der Waals surface area contributed by atoms with Gasteiger partial charge in [0.15, 0.2) is 5.82 Å². The fourth-order valence-corrected chi connectivity index (χ4v) is 5.25. The minimum atomic E-state index is -3.65. The summed E-state index contributed by atoms with van der Waals surface area (Å²) in [6.45, 7) is 5.74. The van der Waals surface area contributed by atoms with E-state index in [2.05, 4.69) is 19.8 Å². The monoisotopic (exact) mass is 436 g/mol. The summed E-state index contributed by atoms with van der Waals surface area (Å²) < 4.78 is 28.3. The molecule has 2 aromatic carbocycles. The fourth-order valence-electron chi connectivity index (χ4n) is 3.86. The first-order valence-corrected chi connectivity index (χ1v) is 12.2. The molecule has 6 nitrogen and oxygen atoms in total. The molecule has 0 atom stereocenters. The Balaban J connectivity index is 1.48. The quantitative estimate of drug-likeness (QED) is 0.613. The lowest BCUT2D eigenvalue weighted by atomic mass is 10.1. The van der Waals surface area contributed by atoms with Crippen LogP contribution in [-0.4, -0.2) is 31.7 Å². The van der Waals surface area contributed by atoms with Gasteiger partial charge in [0.2, 0.25) is 0 Å². The summed E-state index contributed by atoms with van der Waals surface area (Å²) in [6.07, 6.45) is 4.95. The summed E-state index contributed by atoms with van der Waals surface area (Å²) >= 11 is 0. The molecule has 0 radical (unpaired) electrons. The van der Waals surface area contributed by atoms with Crippen LogP contribution >= 0.6 is 0 Å². The first-order valence-electron chi connectivity index (χ1n) is 10.7. The summed E-state index contributed by atoms with van der Waals surface area (Å²) in [7, 11) is -3.65. The smallest absolute Gasteiger partial charge is 0.262 e. The molecule has 1 aliphatic rings. The summed E-state index contributed by atoms with van der Waals surface area (Å²) in [5.74, 6) is 0.920. The minimum Gasteiger partial charge on any atom is -0.355 e. The molecule has 0 saturated carbocycles. The van der Waals surface area contributed by atoms with E-state index >= 15 is 0 Å². The van der Waals surface area contributed by atoms with Gasteiger partial charge in [0.05, 0.1) is 10.6 Å². The molecule has 0 bridgehead atoms. The minimum absolute atomic E-state index is 0.298. The highest BCUT2D eigenvalue weighted by atomic mass is 32.2. The lowest BCUT2D eigenvalue weighted by Gasteiger charge is -2.20. The second-order valence-electron chi connectivity index (χ2n) is 8.13. The molecule has 162 valence electrons. The average Bonchev–Trinajstić information content (AvgIpc) is 3.05. The van der Waals surface area contributed by atoms with E-state index in [1.807, 2.05) is 43.3 Å². The van der Waals surface area contributed by atoms with Gasteiger partial charge < -0.3 is 4.90 Å². The van der Waals surface area contributed by atoms with Crippen LogP contribution in [0.2, 0.25) is 0 Å². The highest BCUT2D eigenvalue weighted by molar-refractivity contribution is 7.92. The van der Waals surface area contributed by atoms with Gasteiger partial charge in [-0.1, -0.05) is 37.1 Å². The maximum Gasteiger partial charge on any atom is 0.262 e. The topological polar surface area (TPSA) is 75.2 Å². The molecular formula is C24H28N4O2S.